The monoisotopic (exact) mass is 278 g/mol. The molecule has 2 nitrogen and oxygen atoms in total. The second-order valence-corrected chi connectivity index (χ2v) is 5.82. The fraction of sp³-hybridized carbons (Fsp3) is 0.118. The molecule has 0 aliphatic heterocycles. The summed E-state index contributed by atoms with van der Waals surface area (Å²) >= 11 is 1.76. The van der Waals surface area contributed by atoms with Crippen molar-refractivity contribution < 1.29 is 0 Å². The molecule has 0 saturated carbocycles. The number of aromatic nitrogens is 2. The number of hydrogen-bond donors (Lipinski definition) is 0. The maximum Gasteiger partial charge on any atom is 0.195 e. The highest BCUT2D eigenvalue weighted by Gasteiger charge is 2.16. The van der Waals surface area contributed by atoms with Crippen molar-refractivity contribution in [3.8, 4) is 11.3 Å². The Hall–Kier alpha value is -2.13. The Morgan fingerprint density at radius 2 is 1.75 bits per heavy atom. The first-order valence-corrected chi connectivity index (χ1v) is 7.64. The largest absolute Gasteiger partial charge is 0.287 e. The van der Waals surface area contributed by atoms with Crippen LogP contribution in [0.25, 0.3) is 26.4 Å². The lowest BCUT2D eigenvalue weighted by Gasteiger charge is -2.02. The summed E-state index contributed by atoms with van der Waals surface area (Å²) in [7, 11) is 0. The standard InChI is InChI=1S/C17H14N2S/c1-2-13-16(12-8-4-3-5-9-12)18-17-19(13)14-10-6-7-11-15(14)20-17/h3-11H,2H2,1H3. The molecule has 2 aromatic carbocycles. The molecule has 2 heterocycles. The summed E-state index contributed by atoms with van der Waals surface area (Å²) in [5.41, 5.74) is 4.87. The number of thiazole rings is 1. The van der Waals surface area contributed by atoms with Crippen LogP contribution in [0.4, 0.5) is 0 Å². The molecule has 0 N–H and O–H groups in total. The molecule has 0 saturated heterocycles. The van der Waals surface area contributed by atoms with E-state index in [9.17, 15) is 0 Å². The van der Waals surface area contributed by atoms with E-state index in [0.29, 0.717) is 0 Å². The molecule has 4 aromatic rings. The van der Waals surface area contributed by atoms with Crippen molar-refractivity contribution in [2.45, 2.75) is 13.3 Å². The zero-order chi connectivity index (χ0) is 13.5. The van der Waals surface area contributed by atoms with Gasteiger partial charge in [-0.3, -0.25) is 4.40 Å². The maximum absolute atomic E-state index is 4.87. The summed E-state index contributed by atoms with van der Waals surface area (Å²) in [6.07, 6.45) is 0.978. The molecule has 0 amide bonds. The number of nitrogens with zero attached hydrogens (tertiary/aromatic N) is 2. The van der Waals surface area contributed by atoms with E-state index in [1.165, 1.54) is 21.5 Å². The Morgan fingerprint density at radius 1 is 1.00 bits per heavy atom. The molecule has 0 unspecified atom stereocenters. The van der Waals surface area contributed by atoms with E-state index in [1.54, 1.807) is 11.3 Å². The third-order valence-corrected chi connectivity index (χ3v) is 4.65. The number of benzene rings is 2. The smallest absolute Gasteiger partial charge is 0.195 e. The van der Waals surface area contributed by atoms with Gasteiger partial charge in [-0.25, -0.2) is 4.98 Å². The number of rotatable bonds is 2. The van der Waals surface area contributed by atoms with Gasteiger partial charge in [0.25, 0.3) is 0 Å². The average Bonchev–Trinajstić information content (AvgIpc) is 3.03. The van der Waals surface area contributed by atoms with Gasteiger partial charge in [-0.05, 0) is 18.6 Å². The maximum atomic E-state index is 4.87. The molecular formula is C17H14N2S. The van der Waals surface area contributed by atoms with E-state index < -0.39 is 0 Å². The van der Waals surface area contributed by atoms with Crippen LogP contribution in [0.1, 0.15) is 12.6 Å². The van der Waals surface area contributed by atoms with E-state index in [4.69, 9.17) is 4.98 Å². The molecule has 4 rings (SSSR count). The lowest BCUT2D eigenvalue weighted by Crippen LogP contribution is -1.91. The van der Waals surface area contributed by atoms with Crippen LogP contribution in [0.5, 0.6) is 0 Å². The lowest BCUT2D eigenvalue weighted by molar-refractivity contribution is 1.03. The molecule has 0 atom stereocenters. The molecule has 0 fully saturated rings. The average molecular weight is 278 g/mol. The first kappa shape index (κ1) is 11.7. The highest BCUT2D eigenvalue weighted by Crippen LogP contribution is 2.32. The second-order valence-electron chi connectivity index (χ2n) is 4.81. The third kappa shape index (κ3) is 1.60. The number of para-hydroxylation sites is 1. The number of fused-ring (bicyclic) bond motifs is 3. The van der Waals surface area contributed by atoms with Gasteiger partial charge in [0.1, 0.15) is 0 Å². The molecule has 0 aliphatic rings. The van der Waals surface area contributed by atoms with Crippen molar-refractivity contribution in [3.63, 3.8) is 0 Å². The van der Waals surface area contributed by atoms with Crippen LogP contribution in [0.3, 0.4) is 0 Å². The van der Waals surface area contributed by atoms with Gasteiger partial charge in [-0.1, -0.05) is 60.7 Å². The van der Waals surface area contributed by atoms with Crippen LogP contribution in [-0.4, -0.2) is 9.38 Å². The van der Waals surface area contributed by atoms with Crippen molar-refractivity contribution in [3.05, 3.63) is 60.3 Å². The lowest BCUT2D eigenvalue weighted by atomic mass is 10.1. The Kier molecular flexibility index (Phi) is 2.60. The number of aryl methyl sites for hydroxylation is 1. The number of hydrogen-bond acceptors (Lipinski definition) is 2. The Labute approximate surface area is 121 Å². The van der Waals surface area contributed by atoms with Gasteiger partial charge in [-0.2, -0.15) is 0 Å². The molecule has 20 heavy (non-hydrogen) atoms. The van der Waals surface area contributed by atoms with Crippen LogP contribution >= 0.6 is 11.3 Å². The zero-order valence-electron chi connectivity index (χ0n) is 11.2. The second kappa shape index (κ2) is 4.46. The summed E-state index contributed by atoms with van der Waals surface area (Å²) < 4.78 is 3.60. The van der Waals surface area contributed by atoms with Crippen LogP contribution in [0.15, 0.2) is 54.6 Å². The van der Waals surface area contributed by atoms with Gasteiger partial charge < -0.3 is 0 Å². The van der Waals surface area contributed by atoms with Crippen molar-refractivity contribution >= 4 is 26.5 Å². The summed E-state index contributed by atoms with van der Waals surface area (Å²) in [4.78, 5) is 5.96. The molecular weight excluding hydrogens is 264 g/mol. The van der Waals surface area contributed by atoms with Gasteiger partial charge in [0, 0.05) is 5.56 Å². The number of imidazole rings is 1. The third-order valence-electron chi connectivity index (χ3n) is 3.63. The minimum atomic E-state index is 0.978. The molecule has 0 bridgehead atoms. The minimum Gasteiger partial charge on any atom is -0.287 e. The minimum absolute atomic E-state index is 0.978. The Morgan fingerprint density at radius 3 is 2.55 bits per heavy atom. The van der Waals surface area contributed by atoms with Crippen molar-refractivity contribution in [2.75, 3.05) is 0 Å². The van der Waals surface area contributed by atoms with Gasteiger partial charge >= 0.3 is 0 Å². The van der Waals surface area contributed by atoms with Crippen LogP contribution < -0.4 is 0 Å². The van der Waals surface area contributed by atoms with Crippen LogP contribution in [-0.2, 0) is 6.42 Å². The molecule has 0 aliphatic carbocycles. The highest BCUT2D eigenvalue weighted by atomic mass is 32.1. The van der Waals surface area contributed by atoms with Crippen LogP contribution in [0.2, 0.25) is 0 Å². The molecule has 98 valence electrons. The van der Waals surface area contributed by atoms with Crippen LogP contribution in [0, 0.1) is 0 Å². The van der Waals surface area contributed by atoms with E-state index in [0.717, 1.165) is 17.1 Å². The zero-order valence-corrected chi connectivity index (χ0v) is 12.0. The quantitative estimate of drug-likeness (QED) is 0.516. The normalized spacial score (nSPS) is 11.4. The summed E-state index contributed by atoms with van der Waals surface area (Å²) in [6, 6.07) is 19.0. The molecule has 0 radical (unpaired) electrons. The van der Waals surface area contributed by atoms with Gasteiger partial charge in [0.15, 0.2) is 4.96 Å². The Balaban J connectivity index is 2.09. The van der Waals surface area contributed by atoms with Crippen molar-refractivity contribution in [1.82, 2.24) is 9.38 Å². The van der Waals surface area contributed by atoms with E-state index in [2.05, 4.69) is 59.9 Å². The fourth-order valence-electron chi connectivity index (χ4n) is 2.73. The van der Waals surface area contributed by atoms with E-state index in [-0.39, 0.29) is 0 Å². The molecule has 3 heteroatoms. The summed E-state index contributed by atoms with van der Waals surface area (Å²) in [5, 5.41) is 0. The first-order chi connectivity index (χ1) is 9.88. The van der Waals surface area contributed by atoms with Gasteiger partial charge in [0.2, 0.25) is 0 Å². The first-order valence-electron chi connectivity index (χ1n) is 6.82. The SMILES string of the molecule is CCc1c(-c2ccccc2)nc2sc3ccccc3n12. The molecule has 0 spiro atoms. The topological polar surface area (TPSA) is 17.3 Å². The highest BCUT2D eigenvalue weighted by molar-refractivity contribution is 7.23. The Bertz CT molecular complexity index is 887. The summed E-state index contributed by atoms with van der Waals surface area (Å²) in [5.74, 6) is 0. The predicted octanol–water partition coefficient (Wildman–Crippen LogP) is 4.78. The molecule has 2 aromatic heterocycles. The predicted molar refractivity (Wildman–Crippen MR) is 85.4 cm³/mol. The summed E-state index contributed by atoms with van der Waals surface area (Å²) in [6.45, 7) is 2.20. The van der Waals surface area contributed by atoms with Crippen molar-refractivity contribution in [1.29, 1.82) is 0 Å². The van der Waals surface area contributed by atoms with Gasteiger partial charge in [-0.15, -0.1) is 0 Å². The van der Waals surface area contributed by atoms with Crippen molar-refractivity contribution in [2.24, 2.45) is 0 Å². The van der Waals surface area contributed by atoms with Gasteiger partial charge in [0.05, 0.1) is 21.6 Å². The fourth-order valence-corrected chi connectivity index (χ4v) is 3.77. The van der Waals surface area contributed by atoms with E-state index in [1.807, 2.05) is 6.07 Å². The van der Waals surface area contributed by atoms with E-state index >= 15 is 0 Å².